The fourth-order valence-electron chi connectivity index (χ4n) is 2.08. The van der Waals surface area contributed by atoms with E-state index >= 15 is 0 Å². The van der Waals surface area contributed by atoms with Gasteiger partial charge in [0.05, 0.1) is 6.04 Å². The zero-order valence-electron chi connectivity index (χ0n) is 10.8. The fraction of sp³-hybridized carbons (Fsp3) is 0.200. The number of hydrogen-bond donors (Lipinski definition) is 1. The van der Waals surface area contributed by atoms with E-state index in [-0.39, 0.29) is 11.8 Å². The van der Waals surface area contributed by atoms with E-state index < -0.39 is 6.61 Å². The van der Waals surface area contributed by atoms with Gasteiger partial charge in [-0.1, -0.05) is 41.9 Å². The molecule has 0 saturated carbocycles. The molecule has 0 heterocycles. The molecular weight excluding hydrogens is 284 g/mol. The van der Waals surface area contributed by atoms with Crippen LogP contribution in [0.1, 0.15) is 17.2 Å². The van der Waals surface area contributed by atoms with E-state index in [9.17, 15) is 8.78 Å². The van der Waals surface area contributed by atoms with E-state index in [1.807, 2.05) is 24.3 Å². The molecule has 0 spiro atoms. The summed E-state index contributed by atoms with van der Waals surface area (Å²) in [5.74, 6) is 0.129. The standard InChI is InChI=1S/C15H14ClF2NO/c1-19-14(12-7-2-3-8-13(12)16)10-5-4-6-11(9-10)20-15(17)18/h2-9,14-15,19H,1H3. The maximum absolute atomic E-state index is 12.3. The molecule has 1 unspecified atom stereocenters. The topological polar surface area (TPSA) is 21.3 Å². The first-order chi connectivity index (χ1) is 9.61. The highest BCUT2D eigenvalue weighted by atomic mass is 35.5. The summed E-state index contributed by atoms with van der Waals surface area (Å²) in [5, 5.41) is 3.75. The van der Waals surface area contributed by atoms with Crippen molar-refractivity contribution >= 4 is 11.6 Å². The van der Waals surface area contributed by atoms with Gasteiger partial charge in [0, 0.05) is 5.02 Å². The molecule has 0 bridgehead atoms. The molecular formula is C15H14ClF2NO. The van der Waals surface area contributed by atoms with Crippen molar-refractivity contribution < 1.29 is 13.5 Å². The summed E-state index contributed by atoms with van der Waals surface area (Å²) in [4.78, 5) is 0. The van der Waals surface area contributed by atoms with Gasteiger partial charge in [-0.25, -0.2) is 0 Å². The lowest BCUT2D eigenvalue weighted by Crippen LogP contribution is -2.18. The van der Waals surface area contributed by atoms with Gasteiger partial charge in [0.1, 0.15) is 5.75 Å². The molecule has 0 amide bonds. The molecule has 0 fully saturated rings. The summed E-state index contributed by atoms with van der Waals surface area (Å²) in [6, 6.07) is 13.8. The van der Waals surface area contributed by atoms with E-state index in [1.54, 1.807) is 25.2 Å². The molecule has 20 heavy (non-hydrogen) atoms. The number of halogens is 3. The molecule has 5 heteroatoms. The highest BCUT2D eigenvalue weighted by molar-refractivity contribution is 6.31. The van der Waals surface area contributed by atoms with Gasteiger partial charge in [0.25, 0.3) is 0 Å². The quantitative estimate of drug-likeness (QED) is 0.891. The summed E-state index contributed by atoms with van der Waals surface area (Å²) >= 11 is 6.18. The third-order valence-electron chi connectivity index (χ3n) is 2.92. The van der Waals surface area contributed by atoms with Crippen LogP contribution in [-0.2, 0) is 0 Å². The highest BCUT2D eigenvalue weighted by Gasteiger charge is 2.16. The number of rotatable bonds is 5. The Kier molecular flexibility index (Phi) is 4.93. The molecule has 0 saturated heterocycles. The van der Waals surface area contributed by atoms with Crippen LogP contribution in [0.15, 0.2) is 48.5 Å². The van der Waals surface area contributed by atoms with Gasteiger partial charge in [-0.3, -0.25) is 0 Å². The maximum atomic E-state index is 12.3. The van der Waals surface area contributed by atoms with E-state index in [1.165, 1.54) is 6.07 Å². The smallest absolute Gasteiger partial charge is 0.387 e. The van der Waals surface area contributed by atoms with Gasteiger partial charge in [-0.05, 0) is 36.4 Å². The number of hydrogen-bond acceptors (Lipinski definition) is 2. The molecule has 2 rings (SSSR count). The van der Waals surface area contributed by atoms with Crippen molar-refractivity contribution in [2.24, 2.45) is 0 Å². The van der Waals surface area contributed by atoms with Gasteiger partial charge >= 0.3 is 6.61 Å². The number of alkyl halides is 2. The SMILES string of the molecule is CNC(c1cccc(OC(F)F)c1)c1ccccc1Cl. The van der Waals surface area contributed by atoms with E-state index in [2.05, 4.69) is 10.1 Å². The van der Waals surface area contributed by atoms with Crippen LogP contribution in [0.4, 0.5) is 8.78 Å². The molecule has 1 N–H and O–H groups in total. The van der Waals surface area contributed by atoms with Crippen LogP contribution in [-0.4, -0.2) is 13.7 Å². The van der Waals surface area contributed by atoms with Crippen molar-refractivity contribution in [2.75, 3.05) is 7.05 Å². The minimum Gasteiger partial charge on any atom is -0.435 e. The van der Waals surface area contributed by atoms with Crippen LogP contribution in [0.5, 0.6) is 5.75 Å². The summed E-state index contributed by atoms with van der Waals surface area (Å²) in [7, 11) is 1.79. The van der Waals surface area contributed by atoms with Crippen LogP contribution < -0.4 is 10.1 Å². The third kappa shape index (κ3) is 3.46. The minimum absolute atomic E-state index is 0.129. The molecule has 0 aliphatic carbocycles. The lowest BCUT2D eigenvalue weighted by Gasteiger charge is -2.19. The predicted octanol–water partition coefficient (Wildman–Crippen LogP) is 4.25. The number of ether oxygens (including phenoxy) is 1. The van der Waals surface area contributed by atoms with Crippen molar-refractivity contribution in [1.29, 1.82) is 0 Å². The number of benzene rings is 2. The van der Waals surface area contributed by atoms with E-state index in [0.29, 0.717) is 5.02 Å². The zero-order chi connectivity index (χ0) is 14.5. The van der Waals surface area contributed by atoms with E-state index in [0.717, 1.165) is 11.1 Å². The Morgan fingerprint density at radius 3 is 2.50 bits per heavy atom. The largest absolute Gasteiger partial charge is 0.435 e. The van der Waals surface area contributed by atoms with Crippen molar-refractivity contribution in [2.45, 2.75) is 12.7 Å². The second kappa shape index (κ2) is 6.68. The molecule has 0 aliphatic rings. The molecule has 0 aromatic heterocycles. The van der Waals surface area contributed by atoms with Crippen LogP contribution in [0.2, 0.25) is 5.02 Å². The van der Waals surface area contributed by atoms with Crippen molar-refractivity contribution in [3.8, 4) is 5.75 Å². The monoisotopic (exact) mass is 297 g/mol. The zero-order valence-corrected chi connectivity index (χ0v) is 11.6. The molecule has 2 aromatic rings. The summed E-state index contributed by atoms with van der Waals surface area (Å²) in [6.45, 7) is -2.83. The normalized spacial score (nSPS) is 12.4. The van der Waals surface area contributed by atoms with Crippen molar-refractivity contribution in [3.63, 3.8) is 0 Å². The molecule has 1 atom stereocenters. The Labute approximate surface area is 121 Å². The van der Waals surface area contributed by atoms with Crippen LogP contribution in [0.3, 0.4) is 0 Å². The average molecular weight is 298 g/mol. The molecule has 0 aliphatic heterocycles. The van der Waals surface area contributed by atoms with Crippen molar-refractivity contribution in [3.05, 3.63) is 64.7 Å². The first-order valence-corrected chi connectivity index (χ1v) is 6.46. The van der Waals surface area contributed by atoms with E-state index in [4.69, 9.17) is 11.6 Å². The first kappa shape index (κ1) is 14.8. The van der Waals surface area contributed by atoms with Gasteiger partial charge in [0.2, 0.25) is 0 Å². The Morgan fingerprint density at radius 1 is 1.10 bits per heavy atom. The summed E-state index contributed by atoms with van der Waals surface area (Å²) < 4.78 is 28.9. The molecule has 2 nitrogen and oxygen atoms in total. The Hall–Kier alpha value is -1.65. The Bertz CT molecular complexity index is 577. The van der Waals surface area contributed by atoms with Crippen LogP contribution in [0, 0.1) is 0 Å². The Balaban J connectivity index is 2.35. The molecule has 2 aromatic carbocycles. The maximum Gasteiger partial charge on any atom is 0.387 e. The molecule has 106 valence electrons. The Morgan fingerprint density at radius 2 is 1.85 bits per heavy atom. The average Bonchev–Trinajstić information content (AvgIpc) is 2.41. The lowest BCUT2D eigenvalue weighted by molar-refractivity contribution is -0.0498. The molecule has 0 radical (unpaired) electrons. The van der Waals surface area contributed by atoms with Gasteiger partial charge in [-0.15, -0.1) is 0 Å². The van der Waals surface area contributed by atoms with Gasteiger partial charge < -0.3 is 10.1 Å². The second-order valence-electron chi connectivity index (χ2n) is 4.19. The minimum atomic E-state index is -2.83. The first-order valence-electron chi connectivity index (χ1n) is 6.08. The van der Waals surface area contributed by atoms with Gasteiger partial charge in [-0.2, -0.15) is 8.78 Å². The van der Waals surface area contributed by atoms with Gasteiger partial charge in [0.15, 0.2) is 0 Å². The predicted molar refractivity (Wildman–Crippen MR) is 75.4 cm³/mol. The summed E-state index contributed by atoms with van der Waals surface area (Å²) in [5.41, 5.74) is 1.68. The van der Waals surface area contributed by atoms with Crippen LogP contribution in [0.25, 0.3) is 0 Å². The lowest BCUT2D eigenvalue weighted by atomic mass is 9.98. The summed E-state index contributed by atoms with van der Waals surface area (Å²) in [6.07, 6.45) is 0. The van der Waals surface area contributed by atoms with Crippen molar-refractivity contribution in [1.82, 2.24) is 5.32 Å². The van der Waals surface area contributed by atoms with Crippen LogP contribution >= 0.6 is 11.6 Å². The highest BCUT2D eigenvalue weighted by Crippen LogP contribution is 2.29. The number of nitrogens with one attached hydrogen (secondary N) is 1. The fourth-order valence-corrected chi connectivity index (χ4v) is 2.33. The second-order valence-corrected chi connectivity index (χ2v) is 4.60. The third-order valence-corrected chi connectivity index (χ3v) is 3.27.